The van der Waals surface area contributed by atoms with E-state index >= 15 is 0 Å². The normalized spacial score (nSPS) is 14.5. The zero-order chi connectivity index (χ0) is 18.4. The second-order valence-electron chi connectivity index (χ2n) is 7.05. The summed E-state index contributed by atoms with van der Waals surface area (Å²) in [6, 6.07) is 3.15. The smallest absolute Gasteiger partial charge is 0.199 e. The largest absolute Gasteiger partial charge is 0.357 e. The van der Waals surface area contributed by atoms with Crippen molar-refractivity contribution in [1.82, 2.24) is 9.97 Å². The fourth-order valence-electron chi connectivity index (χ4n) is 2.68. The maximum absolute atomic E-state index is 12.3. The number of rotatable bonds is 2. The lowest BCUT2D eigenvalue weighted by atomic mass is 9.90. The van der Waals surface area contributed by atoms with E-state index in [0.717, 1.165) is 11.4 Å². The van der Waals surface area contributed by atoms with Crippen molar-refractivity contribution in [2.45, 2.75) is 44.9 Å². The number of halogens is 1. The number of hydrogen-bond donors (Lipinski definition) is 2. The quantitative estimate of drug-likeness (QED) is 0.839. The summed E-state index contributed by atoms with van der Waals surface area (Å²) in [4.78, 5) is 20.0. The molecule has 0 aliphatic rings. The van der Waals surface area contributed by atoms with Crippen molar-refractivity contribution >= 4 is 21.3 Å². The zero-order valence-corrected chi connectivity index (χ0v) is 16.3. The topological polar surface area (TPSA) is 86.7 Å². The minimum absolute atomic E-state index is 0.00858. The van der Waals surface area contributed by atoms with Crippen molar-refractivity contribution in [2.75, 3.05) is 6.26 Å². The minimum Gasteiger partial charge on any atom is -0.357 e. The Morgan fingerprint density at radius 2 is 1.83 bits per heavy atom. The van der Waals surface area contributed by atoms with Crippen molar-refractivity contribution in [1.29, 1.82) is 4.78 Å². The van der Waals surface area contributed by atoms with Gasteiger partial charge in [-0.1, -0.05) is 32.4 Å². The lowest BCUT2D eigenvalue weighted by molar-refractivity contribution is 0.567. The Balaban J connectivity index is 2.71. The van der Waals surface area contributed by atoms with Crippen LogP contribution < -0.4 is 5.43 Å². The van der Waals surface area contributed by atoms with Crippen molar-refractivity contribution in [2.24, 2.45) is 0 Å². The van der Waals surface area contributed by atoms with Crippen LogP contribution in [0.15, 0.2) is 21.8 Å². The van der Waals surface area contributed by atoms with Gasteiger partial charge in [-0.25, -0.2) is 8.99 Å². The van der Waals surface area contributed by atoms with Gasteiger partial charge >= 0.3 is 0 Å². The number of nitrogens with one attached hydrogen (secondary N) is 2. The number of aryl methyl sites for hydroxylation is 2. The molecule has 0 bridgehead atoms. The van der Waals surface area contributed by atoms with E-state index < -0.39 is 15.2 Å². The van der Waals surface area contributed by atoms with Gasteiger partial charge in [0.2, 0.25) is 0 Å². The molecule has 0 saturated carbocycles. The molecular weight excluding hydrogens is 346 g/mol. The predicted molar refractivity (Wildman–Crippen MR) is 98.5 cm³/mol. The molecule has 2 aromatic heterocycles. The van der Waals surface area contributed by atoms with Crippen LogP contribution in [0.2, 0.25) is 5.02 Å². The van der Waals surface area contributed by atoms with Crippen molar-refractivity contribution in [3.63, 3.8) is 0 Å². The Labute approximate surface area is 147 Å². The van der Waals surface area contributed by atoms with Gasteiger partial charge in [0.05, 0.1) is 26.1 Å². The summed E-state index contributed by atoms with van der Waals surface area (Å²) in [6.07, 6.45) is 1.24. The fourth-order valence-corrected chi connectivity index (χ4v) is 4.20. The molecule has 2 aromatic rings. The van der Waals surface area contributed by atoms with E-state index in [1.807, 2.05) is 27.7 Å². The Hall–Kier alpha value is -1.66. The molecule has 7 heteroatoms. The third kappa shape index (κ3) is 3.54. The average molecular weight is 368 g/mol. The monoisotopic (exact) mass is 367 g/mol. The minimum atomic E-state index is -3.09. The highest BCUT2D eigenvalue weighted by molar-refractivity contribution is 7.91. The molecule has 0 saturated heterocycles. The Kier molecular flexibility index (Phi) is 4.67. The molecular formula is C17H22ClN3O2S. The first-order chi connectivity index (χ1) is 10.8. The van der Waals surface area contributed by atoms with Crippen molar-refractivity contribution in [3.05, 3.63) is 44.5 Å². The molecule has 0 unspecified atom stereocenters. The first kappa shape index (κ1) is 18.7. The molecule has 130 valence electrons. The SMILES string of the molecule is Cc1nc(C(C)(C)C)c(Cl)cc1-c1cc(=O)c([S@@](C)(=N)=O)c(C)[nH]1. The van der Waals surface area contributed by atoms with Gasteiger partial charge in [0, 0.05) is 34.7 Å². The Morgan fingerprint density at radius 1 is 1.25 bits per heavy atom. The third-order valence-electron chi connectivity index (χ3n) is 3.72. The van der Waals surface area contributed by atoms with Gasteiger partial charge in [-0.05, 0) is 19.9 Å². The second-order valence-corrected chi connectivity index (χ2v) is 9.55. The summed E-state index contributed by atoms with van der Waals surface area (Å²) >= 11 is 6.39. The van der Waals surface area contributed by atoms with Crippen LogP contribution in [0.25, 0.3) is 11.3 Å². The van der Waals surface area contributed by atoms with Crippen LogP contribution in [0.3, 0.4) is 0 Å². The van der Waals surface area contributed by atoms with E-state index in [0.29, 0.717) is 22.0 Å². The van der Waals surface area contributed by atoms with Crippen molar-refractivity contribution < 1.29 is 4.21 Å². The maximum atomic E-state index is 12.3. The molecule has 1 atom stereocenters. The molecule has 0 amide bonds. The molecule has 0 aliphatic carbocycles. The summed E-state index contributed by atoms with van der Waals surface area (Å²) < 4.78 is 19.6. The van der Waals surface area contributed by atoms with Crippen LogP contribution in [0.4, 0.5) is 0 Å². The van der Waals surface area contributed by atoms with Gasteiger partial charge in [-0.2, -0.15) is 0 Å². The number of H-pyrrole nitrogens is 1. The van der Waals surface area contributed by atoms with Crippen LogP contribution in [-0.4, -0.2) is 20.4 Å². The lowest BCUT2D eigenvalue weighted by Crippen LogP contribution is -2.17. The summed E-state index contributed by atoms with van der Waals surface area (Å²) in [5.41, 5.74) is 2.63. The number of aromatic amines is 1. The predicted octanol–water partition coefficient (Wildman–Crippen LogP) is 4.04. The van der Waals surface area contributed by atoms with Gasteiger partial charge in [-0.15, -0.1) is 0 Å². The van der Waals surface area contributed by atoms with Crippen molar-refractivity contribution in [3.8, 4) is 11.3 Å². The maximum Gasteiger partial charge on any atom is 0.199 e. The number of hydrogen-bond acceptors (Lipinski definition) is 4. The highest BCUT2D eigenvalue weighted by Crippen LogP contribution is 2.32. The first-order valence-corrected chi connectivity index (χ1v) is 9.82. The van der Waals surface area contributed by atoms with E-state index in [4.69, 9.17) is 16.4 Å². The highest BCUT2D eigenvalue weighted by atomic mass is 35.5. The van der Waals surface area contributed by atoms with Gasteiger partial charge < -0.3 is 4.98 Å². The van der Waals surface area contributed by atoms with Gasteiger partial charge in [-0.3, -0.25) is 9.78 Å². The van der Waals surface area contributed by atoms with E-state index in [1.54, 1.807) is 13.0 Å². The van der Waals surface area contributed by atoms with E-state index in [-0.39, 0.29) is 10.3 Å². The molecule has 0 aromatic carbocycles. The van der Waals surface area contributed by atoms with Crippen LogP contribution in [-0.2, 0) is 15.1 Å². The molecule has 2 heterocycles. The number of aromatic nitrogens is 2. The molecule has 2 N–H and O–H groups in total. The zero-order valence-electron chi connectivity index (χ0n) is 14.7. The molecule has 24 heavy (non-hydrogen) atoms. The van der Waals surface area contributed by atoms with Gasteiger partial charge in [0.1, 0.15) is 4.90 Å². The standard InChI is InChI=1S/C17H22ClN3O2S/c1-9-11(7-12(18)16(21-9)17(3,4)5)13-8-14(22)15(10(2)20-13)24(6,19)23/h7-8,19H,1-6H3,(H,20,22)/t24-/m0/s1. The summed E-state index contributed by atoms with van der Waals surface area (Å²) in [7, 11) is -3.09. The average Bonchev–Trinajstić information content (AvgIpc) is 2.37. The van der Waals surface area contributed by atoms with Crippen LogP contribution in [0, 0.1) is 18.6 Å². The fraction of sp³-hybridized carbons (Fsp3) is 0.412. The molecule has 2 rings (SSSR count). The molecule has 5 nitrogen and oxygen atoms in total. The first-order valence-electron chi connectivity index (χ1n) is 7.48. The summed E-state index contributed by atoms with van der Waals surface area (Å²) in [5.74, 6) is 0. The van der Waals surface area contributed by atoms with E-state index in [2.05, 4.69) is 9.97 Å². The Bertz CT molecular complexity index is 971. The van der Waals surface area contributed by atoms with Crippen LogP contribution >= 0.6 is 11.6 Å². The Morgan fingerprint density at radius 3 is 2.29 bits per heavy atom. The van der Waals surface area contributed by atoms with Gasteiger partial charge in [0.25, 0.3) is 0 Å². The third-order valence-corrected chi connectivity index (χ3v) is 5.29. The van der Waals surface area contributed by atoms with Crippen LogP contribution in [0.5, 0.6) is 0 Å². The summed E-state index contributed by atoms with van der Waals surface area (Å²) in [5, 5.41) is 0.533. The van der Waals surface area contributed by atoms with Crippen LogP contribution in [0.1, 0.15) is 37.9 Å². The molecule has 0 aliphatic heterocycles. The summed E-state index contributed by atoms with van der Waals surface area (Å²) in [6.45, 7) is 9.61. The van der Waals surface area contributed by atoms with E-state index in [9.17, 15) is 9.00 Å². The molecule has 0 radical (unpaired) electrons. The number of pyridine rings is 2. The highest BCUT2D eigenvalue weighted by Gasteiger charge is 2.22. The molecule has 0 fully saturated rings. The van der Waals surface area contributed by atoms with E-state index in [1.165, 1.54) is 12.3 Å². The lowest BCUT2D eigenvalue weighted by Gasteiger charge is -2.21. The number of nitrogens with zero attached hydrogens (tertiary/aromatic N) is 1. The van der Waals surface area contributed by atoms with Gasteiger partial charge in [0.15, 0.2) is 5.43 Å². The molecule has 0 spiro atoms. The second kappa shape index (κ2) is 6.01.